The zero-order valence-electron chi connectivity index (χ0n) is 9.28. The second-order valence-corrected chi connectivity index (χ2v) is 4.48. The molecule has 2 amide bonds. The molecule has 0 saturated carbocycles. The van der Waals surface area contributed by atoms with Crippen molar-refractivity contribution in [3.63, 3.8) is 0 Å². The first kappa shape index (κ1) is 12.8. The minimum atomic E-state index is -0.584. The monoisotopic (exact) mass is 287 g/mol. The maximum Gasteiger partial charge on any atom is 0.312 e. The highest BCUT2D eigenvalue weighted by molar-refractivity contribution is 6.42. The molecule has 0 fully saturated rings. The Balaban J connectivity index is 2.34. The molecule has 0 aliphatic rings. The zero-order valence-corrected chi connectivity index (χ0v) is 10.8. The predicted molar refractivity (Wildman–Crippen MR) is 71.8 cm³/mol. The highest BCUT2D eigenvalue weighted by Gasteiger charge is 2.10. The van der Waals surface area contributed by atoms with Gasteiger partial charge in [0.2, 0.25) is 5.95 Å². The summed E-state index contributed by atoms with van der Waals surface area (Å²) in [5.41, 5.74) is 12.2. The third-order valence-corrected chi connectivity index (χ3v) is 3.18. The number of benzene rings is 1. The van der Waals surface area contributed by atoms with Gasteiger partial charge in [-0.15, -0.1) is 0 Å². The van der Waals surface area contributed by atoms with Crippen LogP contribution in [0.5, 0.6) is 0 Å². The minimum Gasteiger partial charge on any atom is -0.369 e. The number of nitrogens with zero attached hydrogens (tertiary/aromatic N) is 2. The van der Waals surface area contributed by atoms with E-state index >= 15 is 0 Å². The number of carbonyl (C=O) groups is 1. The lowest BCUT2D eigenvalue weighted by atomic mass is 10.3. The van der Waals surface area contributed by atoms with Crippen LogP contribution in [0.4, 0.5) is 10.7 Å². The zero-order chi connectivity index (χ0) is 13.3. The molecule has 1 heterocycles. The topological polar surface area (TPSA) is 99.0 Å². The van der Waals surface area contributed by atoms with Gasteiger partial charge in [0.15, 0.2) is 0 Å². The lowest BCUT2D eigenvalue weighted by Crippen LogP contribution is -2.32. The van der Waals surface area contributed by atoms with E-state index in [-0.39, 0.29) is 0 Å². The molecule has 5 N–H and O–H groups in total. The van der Waals surface area contributed by atoms with Crippen LogP contribution in [0.15, 0.2) is 12.1 Å². The van der Waals surface area contributed by atoms with Crippen molar-refractivity contribution < 1.29 is 4.79 Å². The van der Waals surface area contributed by atoms with Crippen LogP contribution in [0.2, 0.25) is 10.0 Å². The smallest absolute Gasteiger partial charge is 0.312 e. The Labute approximate surface area is 113 Å². The van der Waals surface area contributed by atoms with E-state index in [0.717, 1.165) is 5.52 Å². The molecule has 0 aliphatic carbocycles. The number of anilines is 1. The Kier molecular flexibility index (Phi) is 3.49. The fourth-order valence-electron chi connectivity index (χ4n) is 1.66. The predicted octanol–water partition coefficient (Wildman–Crippen LogP) is 1.59. The minimum absolute atomic E-state index is 0.328. The van der Waals surface area contributed by atoms with Gasteiger partial charge >= 0.3 is 6.03 Å². The van der Waals surface area contributed by atoms with Crippen molar-refractivity contribution in [2.24, 2.45) is 5.73 Å². The number of nitrogens with two attached hydrogens (primary N) is 2. The molecule has 2 rings (SSSR count). The van der Waals surface area contributed by atoms with Crippen molar-refractivity contribution in [1.29, 1.82) is 0 Å². The normalized spacial score (nSPS) is 10.8. The van der Waals surface area contributed by atoms with Crippen molar-refractivity contribution in [3.05, 3.63) is 22.2 Å². The number of fused-ring (bicyclic) bond motifs is 1. The lowest BCUT2D eigenvalue weighted by Gasteiger charge is -2.07. The Morgan fingerprint density at radius 2 is 2.06 bits per heavy atom. The van der Waals surface area contributed by atoms with Crippen LogP contribution < -0.4 is 16.8 Å². The van der Waals surface area contributed by atoms with Gasteiger partial charge in [-0.2, -0.15) is 0 Å². The van der Waals surface area contributed by atoms with Gasteiger partial charge in [0.1, 0.15) is 0 Å². The average molecular weight is 288 g/mol. The number of rotatable bonds is 3. The molecule has 0 saturated heterocycles. The Morgan fingerprint density at radius 3 is 2.72 bits per heavy atom. The summed E-state index contributed by atoms with van der Waals surface area (Å²) in [6.07, 6.45) is 0. The standard InChI is InChI=1S/C10H11Cl2N5O/c11-5-3-7-8(4-6(5)12)17(9(13)16-7)2-1-15-10(14)18/h3-4H,1-2H2,(H2,13,16)(H3,14,15,18). The molecule has 0 spiro atoms. The fourth-order valence-corrected chi connectivity index (χ4v) is 1.98. The van der Waals surface area contributed by atoms with Gasteiger partial charge in [0.05, 0.1) is 21.1 Å². The van der Waals surface area contributed by atoms with Crippen LogP contribution in [-0.2, 0) is 6.54 Å². The highest BCUT2D eigenvalue weighted by atomic mass is 35.5. The SMILES string of the molecule is NC(=O)NCCn1c(N)nc2cc(Cl)c(Cl)cc21. The van der Waals surface area contributed by atoms with Gasteiger partial charge in [-0.1, -0.05) is 23.2 Å². The molecule has 18 heavy (non-hydrogen) atoms. The van der Waals surface area contributed by atoms with Crippen LogP contribution >= 0.6 is 23.2 Å². The number of aromatic nitrogens is 2. The van der Waals surface area contributed by atoms with Crippen LogP contribution in [-0.4, -0.2) is 22.1 Å². The molecule has 0 unspecified atom stereocenters. The van der Waals surface area contributed by atoms with E-state index in [0.29, 0.717) is 34.6 Å². The summed E-state index contributed by atoms with van der Waals surface area (Å²) in [5, 5.41) is 3.32. The molecular formula is C10H11Cl2N5O. The summed E-state index contributed by atoms with van der Waals surface area (Å²) < 4.78 is 1.73. The molecule has 0 radical (unpaired) electrons. The first-order valence-electron chi connectivity index (χ1n) is 5.13. The number of carbonyl (C=O) groups excluding carboxylic acids is 1. The average Bonchev–Trinajstić information content (AvgIpc) is 2.56. The van der Waals surface area contributed by atoms with Crippen molar-refractivity contribution in [3.8, 4) is 0 Å². The molecular weight excluding hydrogens is 277 g/mol. The molecule has 8 heteroatoms. The quantitative estimate of drug-likeness (QED) is 0.799. The van der Waals surface area contributed by atoms with E-state index < -0.39 is 6.03 Å². The molecule has 0 bridgehead atoms. The molecule has 1 aromatic heterocycles. The number of nitrogen functional groups attached to an aromatic ring is 1. The number of amides is 2. The van der Waals surface area contributed by atoms with Gasteiger partial charge < -0.3 is 21.4 Å². The van der Waals surface area contributed by atoms with E-state index in [1.54, 1.807) is 16.7 Å². The molecule has 0 aliphatic heterocycles. The first-order valence-corrected chi connectivity index (χ1v) is 5.88. The molecule has 6 nitrogen and oxygen atoms in total. The van der Waals surface area contributed by atoms with E-state index in [4.69, 9.17) is 34.7 Å². The van der Waals surface area contributed by atoms with Gasteiger partial charge in [-0.3, -0.25) is 0 Å². The summed E-state index contributed by atoms with van der Waals surface area (Å²) in [6, 6.07) is 2.75. The van der Waals surface area contributed by atoms with Gasteiger partial charge in [0, 0.05) is 13.1 Å². The number of imidazole rings is 1. The van der Waals surface area contributed by atoms with E-state index in [1.165, 1.54) is 0 Å². The van der Waals surface area contributed by atoms with Crippen LogP contribution in [0, 0.1) is 0 Å². The number of hydrogen-bond acceptors (Lipinski definition) is 3. The van der Waals surface area contributed by atoms with Crippen molar-refractivity contribution in [1.82, 2.24) is 14.9 Å². The summed E-state index contributed by atoms with van der Waals surface area (Å²) in [5.74, 6) is 0.328. The van der Waals surface area contributed by atoms with Crippen LogP contribution in [0.3, 0.4) is 0 Å². The summed E-state index contributed by atoms with van der Waals surface area (Å²) in [7, 11) is 0. The van der Waals surface area contributed by atoms with E-state index in [9.17, 15) is 4.79 Å². The molecule has 96 valence electrons. The van der Waals surface area contributed by atoms with Crippen molar-refractivity contribution in [2.75, 3.05) is 12.3 Å². The largest absolute Gasteiger partial charge is 0.369 e. The second-order valence-electron chi connectivity index (χ2n) is 3.67. The number of halogens is 2. The Bertz CT molecular complexity index is 610. The van der Waals surface area contributed by atoms with E-state index in [1.807, 2.05) is 0 Å². The highest BCUT2D eigenvalue weighted by Crippen LogP contribution is 2.28. The van der Waals surface area contributed by atoms with E-state index in [2.05, 4.69) is 10.3 Å². The third-order valence-electron chi connectivity index (χ3n) is 2.45. The van der Waals surface area contributed by atoms with Gasteiger partial charge in [-0.25, -0.2) is 9.78 Å². The maximum absolute atomic E-state index is 10.6. The number of urea groups is 1. The molecule has 2 aromatic rings. The summed E-state index contributed by atoms with van der Waals surface area (Å²) >= 11 is 11.8. The van der Waals surface area contributed by atoms with Gasteiger partial charge in [0.25, 0.3) is 0 Å². The third kappa shape index (κ3) is 2.44. The molecule has 0 atom stereocenters. The second kappa shape index (κ2) is 4.91. The molecule has 1 aromatic carbocycles. The number of primary amides is 1. The fraction of sp³-hybridized carbons (Fsp3) is 0.200. The van der Waals surface area contributed by atoms with Crippen molar-refractivity contribution in [2.45, 2.75) is 6.54 Å². The Hall–Kier alpha value is -1.66. The van der Waals surface area contributed by atoms with Gasteiger partial charge in [-0.05, 0) is 12.1 Å². The summed E-state index contributed by atoms with van der Waals surface area (Å²) in [4.78, 5) is 14.8. The van der Waals surface area contributed by atoms with Crippen molar-refractivity contribution >= 4 is 46.2 Å². The summed E-state index contributed by atoms with van der Waals surface area (Å²) in [6.45, 7) is 0.800. The van der Waals surface area contributed by atoms with Crippen LogP contribution in [0.25, 0.3) is 11.0 Å². The Morgan fingerprint density at radius 1 is 1.39 bits per heavy atom. The first-order chi connectivity index (χ1) is 8.49. The maximum atomic E-state index is 10.6. The van der Waals surface area contributed by atoms with Crippen LogP contribution in [0.1, 0.15) is 0 Å². The lowest BCUT2D eigenvalue weighted by molar-refractivity contribution is 0.248. The number of hydrogen-bond donors (Lipinski definition) is 3. The number of nitrogens with one attached hydrogen (secondary N) is 1.